The number of aromatic nitrogens is 3. The molecule has 1 saturated carbocycles. The standard InChI is InChI=1S/C23H24F3N3O2/c24-23(25,26)17-7-10-27-13-16(17)21-28-18(19-6-2-5-11-29(19)21)12-20-30-14-22(15-31-20)8-3-1-4-9-22/h2,5-7,10-11,13,20H,1,3-4,8-9,12,14-15H2. The van der Waals surface area contributed by atoms with Gasteiger partial charge in [-0.2, -0.15) is 13.2 Å². The van der Waals surface area contributed by atoms with Gasteiger partial charge in [-0.1, -0.05) is 25.3 Å². The lowest BCUT2D eigenvalue weighted by Gasteiger charge is -2.42. The minimum Gasteiger partial charge on any atom is -0.352 e. The second-order valence-electron chi connectivity index (χ2n) is 8.57. The van der Waals surface area contributed by atoms with Crippen LogP contribution in [0.15, 0.2) is 42.9 Å². The lowest BCUT2D eigenvalue weighted by atomic mass is 9.75. The Bertz CT molecular complexity index is 1060. The van der Waals surface area contributed by atoms with Gasteiger partial charge in [0.05, 0.1) is 30.0 Å². The fourth-order valence-electron chi connectivity index (χ4n) is 4.76. The zero-order chi connectivity index (χ0) is 21.5. The molecular weight excluding hydrogens is 407 g/mol. The monoisotopic (exact) mass is 431 g/mol. The fraction of sp³-hybridized carbons (Fsp3) is 0.478. The molecule has 1 aliphatic heterocycles. The fourth-order valence-corrected chi connectivity index (χ4v) is 4.76. The number of nitrogens with zero attached hydrogens (tertiary/aromatic N) is 3. The van der Waals surface area contributed by atoms with Gasteiger partial charge >= 0.3 is 6.18 Å². The quantitative estimate of drug-likeness (QED) is 0.566. The highest BCUT2D eigenvalue weighted by Crippen LogP contribution is 2.40. The first kappa shape index (κ1) is 20.5. The molecule has 0 atom stereocenters. The molecule has 0 aromatic carbocycles. The number of pyridine rings is 2. The van der Waals surface area contributed by atoms with Gasteiger partial charge < -0.3 is 9.47 Å². The minimum atomic E-state index is -4.50. The third kappa shape index (κ3) is 3.94. The van der Waals surface area contributed by atoms with Gasteiger partial charge in [0.2, 0.25) is 0 Å². The Morgan fingerprint density at radius 1 is 1.06 bits per heavy atom. The number of fused-ring (bicyclic) bond motifs is 1. The SMILES string of the molecule is FC(F)(F)c1ccncc1-c1nc(CC2OCC3(CCCCC3)CO2)c2ccccn12. The van der Waals surface area contributed by atoms with Gasteiger partial charge in [-0.05, 0) is 31.0 Å². The van der Waals surface area contributed by atoms with Crippen LogP contribution in [0.1, 0.15) is 43.4 Å². The molecule has 31 heavy (non-hydrogen) atoms. The number of hydrogen-bond acceptors (Lipinski definition) is 4. The van der Waals surface area contributed by atoms with E-state index < -0.39 is 18.0 Å². The molecule has 3 aromatic rings. The third-order valence-electron chi connectivity index (χ3n) is 6.42. The molecule has 5 nitrogen and oxygen atoms in total. The molecule has 1 aliphatic carbocycles. The third-order valence-corrected chi connectivity index (χ3v) is 6.42. The van der Waals surface area contributed by atoms with E-state index in [2.05, 4.69) is 9.97 Å². The lowest BCUT2D eigenvalue weighted by Crippen LogP contribution is -2.43. The van der Waals surface area contributed by atoms with E-state index >= 15 is 0 Å². The highest BCUT2D eigenvalue weighted by atomic mass is 19.4. The maximum atomic E-state index is 13.6. The van der Waals surface area contributed by atoms with Gasteiger partial charge in [-0.15, -0.1) is 0 Å². The zero-order valence-electron chi connectivity index (χ0n) is 17.1. The van der Waals surface area contributed by atoms with Crippen molar-refractivity contribution in [2.75, 3.05) is 13.2 Å². The summed E-state index contributed by atoms with van der Waals surface area (Å²) >= 11 is 0. The van der Waals surface area contributed by atoms with Crippen LogP contribution >= 0.6 is 0 Å². The van der Waals surface area contributed by atoms with E-state index in [1.165, 1.54) is 25.5 Å². The van der Waals surface area contributed by atoms with Crippen LogP contribution in [0.5, 0.6) is 0 Å². The average Bonchev–Trinajstić information content (AvgIpc) is 3.14. The van der Waals surface area contributed by atoms with Crippen molar-refractivity contribution in [3.8, 4) is 11.4 Å². The molecule has 0 bridgehead atoms. The molecule has 2 fully saturated rings. The average molecular weight is 431 g/mol. The summed E-state index contributed by atoms with van der Waals surface area (Å²) in [6.45, 7) is 1.33. The van der Waals surface area contributed by atoms with Gasteiger partial charge in [0, 0.05) is 36.0 Å². The van der Waals surface area contributed by atoms with Gasteiger partial charge in [0.25, 0.3) is 0 Å². The molecule has 164 valence electrons. The van der Waals surface area contributed by atoms with Crippen molar-refractivity contribution in [2.24, 2.45) is 5.41 Å². The van der Waals surface area contributed by atoms with E-state index in [9.17, 15) is 13.2 Å². The van der Waals surface area contributed by atoms with Gasteiger partial charge in [-0.25, -0.2) is 4.98 Å². The molecule has 0 N–H and O–H groups in total. The number of halogens is 3. The molecule has 0 amide bonds. The molecule has 0 radical (unpaired) electrons. The van der Waals surface area contributed by atoms with Crippen LogP contribution in [-0.2, 0) is 22.1 Å². The highest BCUT2D eigenvalue weighted by Gasteiger charge is 2.39. The molecule has 1 spiro atoms. The van der Waals surface area contributed by atoms with Crippen molar-refractivity contribution in [1.29, 1.82) is 0 Å². The lowest BCUT2D eigenvalue weighted by molar-refractivity contribution is -0.234. The number of alkyl halides is 3. The smallest absolute Gasteiger partial charge is 0.352 e. The summed E-state index contributed by atoms with van der Waals surface area (Å²) in [4.78, 5) is 8.51. The maximum Gasteiger partial charge on any atom is 0.417 e. The van der Waals surface area contributed by atoms with Crippen LogP contribution in [0, 0.1) is 5.41 Å². The molecule has 0 unspecified atom stereocenters. The summed E-state index contributed by atoms with van der Waals surface area (Å²) < 4.78 is 54.5. The Hall–Kier alpha value is -2.45. The van der Waals surface area contributed by atoms with Crippen molar-refractivity contribution in [1.82, 2.24) is 14.4 Å². The zero-order valence-corrected chi connectivity index (χ0v) is 17.1. The minimum absolute atomic E-state index is 0.0471. The van der Waals surface area contributed by atoms with Gasteiger partial charge in [-0.3, -0.25) is 9.38 Å². The van der Waals surface area contributed by atoms with E-state index in [4.69, 9.17) is 9.47 Å². The summed E-state index contributed by atoms with van der Waals surface area (Å²) in [5, 5.41) is 0. The molecule has 2 aliphatic rings. The van der Waals surface area contributed by atoms with E-state index in [0.29, 0.717) is 25.3 Å². The van der Waals surface area contributed by atoms with E-state index in [0.717, 1.165) is 30.6 Å². The Kier molecular flexibility index (Phi) is 5.22. The highest BCUT2D eigenvalue weighted by molar-refractivity contribution is 5.68. The second kappa shape index (κ2) is 7.91. The predicted molar refractivity (Wildman–Crippen MR) is 108 cm³/mol. The van der Waals surface area contributed by atoms with Crippen molar-refractivity contribution < 1.29 is 22.6 Å². The first-order chi connectivity index (χ1) is 15.0. The van der Waals surface area contributed by atoms with Crippen LogP contribution in [-0.4, -0.2) is 33.9 Å². The van der Waals surface area contributed by atoms with Crippen molar-refractivity contribution >= 4 is 5.52 Å². The van der Waals surface area contributed by atoms with Crippen molar-refractivity contribution in [3.05, 3.63) is 54.1 Å². The first-order valence-corrected chi connectivity index (χ1v) is 10.7. The summed E-state index contributed by atoms with van der Waals surface area (Å²) in [7, 11) is 0. The van der Waals surface area contributed by atoms with E-state index in [1.54, 1.807) is 16.7 Å². The summed E-state index contributed by atoms with van der Waals surface area (Å²) in [5.74, 6) is 0.214. The number of imidazole rings is 1. The Morgan fingerprint density at radius 2 is 1.84 bits per heavy atom. The summed E-state index contributed by atoms with van der Waals surface area (Å²) in [5.41, 5.74) is 0.702. The molecule has 3 aromatic heterocycles. The molecular formula is C23H24F3N3O2. The Balaban J connectivity index is 1.44. The largest absolute Gasteiger partial charge is 0.417 e. The van der Waals surface area contributed by atoms with Crippen LogP contribution in [0.4, 0.5) is 13.2 Å². The van der Waals surface area contributed by atoms with E-state index in [1.807, 2.05) is 12.1 Å². The van der Waals surface area contributed by atoms with Crippen LogP contribution < -0.4 is 0 Å². The van der Waals surface area contributed by atoms with Crippen molar-refractivity contribution in [3.63, 3.8) is 0 Å². The number of rotatable bonds is 3. The number of hydrogen-bond donors (Lipinski definition) is 0. The Morgan fingerprint density at radius 3 is 2.58 bits per heavy atom. The second-order valence-corrected chi connectivity index (χ2v) is 8.57. The molecule has 1 saturated heterocycles. The maximum absolute atomic E-state index is 13.6. The van der Waals surface area contributed by atoms with E-state index in [-0.39, 0.29) is 16.8 Å². The van der Waals surface area contributed by atoms with Gasteiger partial charge in [0.1, 0.15) is 5.82 Å². The van der Waals surface area contributed by atoms with Crippen LogP contribution in [0.2, 0.25) is 0 Å². The topological polar surface area (TPSA) is 48.7 Å². The first-order valence-electron chi connectivity index (χ1n) is 10.7. The van der Waals surface area contributed by atoms with Gasteiger partial charge in [0.15, 0.2) is 6.29 Å². The van der Waals surface area contributed by atoms with Crippen LogP contribution in [0.25, 0.3) is 16.9 Å². The summed E-state index contributed by atoms with van der Waals surface area (Å²) in [6, 6.07) is 6.45. The normalized spacial score (nSPS) is 19.8. The summed E-state index contributed by atoms with van der Waals surface area (Å²) in [6.07, 6.45) is 5.44. The number of ether oxygens (including phenoxy) is 2. The molecule has 8 heteroatoms. The molecule has 4 heterocycles. The Labute approximate surface area is 178 Å². The molecule has 5 rings (SSSR count). The van der Waals surface area contributed by atoms with Crippen LogP contribution in [0.3, 0.4) is 0 Å². The van der Waals surface area contributed by atoms with Crippen molar-refractivity contribution in [2.45, 2.75) is 51.0 Å². The predicted octanol–water partition coefficient (Wildman–Crippen LogP) is 5.28.